The van der Waals surface area contributed by atoms with Gasteiger partial charge in [0, 0.05) is 0 Å². The number of hydrogen-bond acceptors (Lipinski definition) is 4. The molecular weight excluding hydrogens is 327 g/mol. The maximum atomic E-state index is 8.65. The molecule has 0 aliphatic rings. The maximum absolute atomic E-state index is 8.65. The molecule has 0 aliphatic carbocycles. The zero-order valence-electron chi connectivity index (χ0n) is 4.05. The number of hydrogen-bond donors (Lipinski definition) is 2. The Kier molecular flexibility index (Phi) is 21.6. The summed E-state index contributed by atoms with van der Waals surface area (Å²) in [6.45, 7) is 0. The standard InChI is InChI=1S/GeH2.2H2O3Se/c;2*1-4(2)3/h1H2;2*(H2,1,2,3)/q+2;;/p-2. The molecule has 0 rings (SSSR count). The van der Waals surface area contributed by atoms with Crippen LogP contribution in [-0.2, 0) is 7.67 Å². The van der Waals surface area contributed by atoms with E-state index in [1.54, 1.807) is 0 Å². The van der Waals surface area contributed by atoms with Gasteiger partial charge >= 0.3 is 71.0 Å². The van der Waals surface area contributed by atoms with Crippen molar-refractivity contribution in [3.63, 3.8) is 0 Å². The van der Waals surface area contributed by atoms with Gasteiger partial charge in [-0.1, -0.05) is 0 Å². The van der Waals surface area contributed by atoms with E-state index in [1.807, 2.05) is 0 Å². The predicted octanol–water partition coefficient (Wildman–Crippen LogP) is -5.41. The fourth-order valence-corrected chi connectivity index (χ4v) is 0. The molecule has 0 radical (unpaired) electrons. The molecule has 0 aromatic carbocycles. The molecule has 2 atom stereocenters. The Balaban J connectivity index is -0.0000000720. The zero-order valence-corrected chi connectivity index (χ0v) is 10.4. The molecule has 0 bridgehead atoms. The van der Waals surface area contributed by atoms with Crippen LogP contribution < -0.4 is 8.38 Å². The predicted molar refractivity (Wildman–Crippen MR) is 25.9 cm³/mol. The van der Waals surface area contributed by atoms with Crippen molar-refractivity contribution in [1.29, 1.82) is 0 Å². The van der Waals surface area contributed by atoms with Crippen LogP contribution >= 0.6 is 0 Å². The van der Waals surface area contributed by atoms with Gasteiger partial charge < -0.3 is 0 Å². The number of rotatable bonds is 0. The van der Waals surface area contributed by atoms with Crippen molar-refractivity contribution in [1.82, 2.24) is 0 Å². The molecule has 0 aromatic rings. The molecule has 6 nitrogen and oxygen atoms in total. The Morgan fingerprint density at radius 3 is 1.00 bits per heavy atom. The van der Waals surface area contributed by atoms with Crippen LogP contribution in [0.2, 0.25) is 0 Å². The van der Waals surface area contributed by atoms with E-state index in [1.165, 1.54) is 0 Å². The monoisotopic (exact) mass is 334 g/mol. The summed E-state index contributed by atoms with van der Waals surface area (Å²) in [5, 5.41) is 0. The average molecular weight is 331 g/mol. The topological polar surface area (TPSA) is 121 Å². The SMILES string of the molecule is O=[Se]([O-])O.O=[Se]([O-])O.[GeH2+2]. The molecule has 9 heteroatoms. The summed E-state index contributed by atoms with van der Waals surface area (Å²) in [5.41, 5.74) is 0. The normalized spacial score (nSPS) is 13.8. The Bertz CT molecular complexity index is 69.1. The molecule has 0 spiro atoms. The first-order chi connectivity index (χ1) is 3.46. The first-order valence-corrected chi connectivity index (χ1v) is 5.36. The summed E-state index contributed by atoms with van der Waals surface area (Å²) in [6.07, 6.45) is 0. The van der Waals surface area contributed by atoms with Crippen molar-refractivity contribution in [2.45, 2.75) is 0 Å². The van der Waals surface area contributed by atoms with Gasteiger partial charge in [0.25, 0.3) is 0 Å². The molecule has 0 amide bonds. The van der Waals surface area contributed by atoms with Crippen LogP contribution in [0.25, 0.3) is 0 Å². The van der Waals surface area contributed by atoms with E-state index < -0.39 is 29.0 Å². The van der Waals surface area contributed by atoms with Crippen molar-refractivity contribution in [3.8, 4) is 0 Å². The van der Waals surface area contributed by atoms with Gasteiger partial charge in [0.1, 0.15) is 0 Å². The van der Waals surface area contributed by atoms with Crippen molar-refractivity contribution in [2.24, 2.45) is 0 Å². The molecule has 0 aliphatic heterocycles. The molecule has 0 fully saturated rings. The van der Waals surface area contributed by atoms with Crippen LogP contribution in [0, 0.1) is 0 Å². The molecule has 2 unspecified atom stereocenters. The van der Waals surface area contributed by atoms with Gasteiger partial charge in [0.2, 0.25) is 0 Å². The molecule has 0 heterocycles. The van der Waals surface area contributed by atoms with E-state index in [0.717, 1.165) is 0 Å². The molecule has 2 N–H and O–H groups in total. The van der Waals surface area contributed by atoms with Gasteiger partial charge in [-0.25, -0.2) is 0 Å². The Labute approximate surface area is 71.0 Å². The molecule has 9 heavy (non-hydrogen) atoms. The van der Waals surface area contributed by atoms with Gasteiger partial charge in [-0.3, -0.25) is 0 Å². The molecular formula is H4GeO6Se2. The van der Waals surface area contributed by atoms with E-state index in [0.29, 0.717) is 0 Å². The second-order valence-corrected chi connectivity index (χ2v) is 2.26. The quantitative estimate of drug-likeness (QED) is 0.428. The van der Waals surface area contributed by atoms with Crippen LogP contribution in [0.5, 0.6) is 0 Å². The van der Waals surface area contributed by atoms with Gasteiger partial charge in [-0.05, 0) is 0 Å². The summed E-state index contributed by atoms with van der Waals surface area (Å²) in [4.78, 5) is 0. The second-order valence-electron chi connectivity index (χ2n) is 0.434. The van der Waals surface area contributed by atoms with E-state index >= 15 is 0 Å². The van der Waals surface area contributed by atoms with Crippen molar-refractivity contribution in [2.75, 3.05) is 0 Å². The average Bonchev–Trinajstić information content (AvgIpc) is 1.25. The van der Waals surface area contributed by atoms with Gasteiger partial charge in [-0.2, -0.15) is 0 Å². The summed E-state index contributed by atoms with van der Waals surface area (Å²) in [6, 6.07) is 0. The minimum absolute atomic E-state index is 0. The van der Waals surface area contributed by atoms with Crippen LogP contribution in [0.1, 0.15) is 0 Å². The summed E-state index contributed by atoms with van der Waals surface area (Å²) in [5.74, 6) is 0. The Morgan fingerprint density at radius 2 is 1.00 bits per heavy atom. The van der Waals surface area contributed by atoms with Crippen molar-refractivity contribution < 1.29 is 24.4 Å². The zero-order chi connectivity index (χ0) is 7.15. The van der Waals surface area contributed by atoms with E-state index in [9.17, 15) is 0 Å². The molecule has 0 aromatic heterocycles. The third-order valence-corrected chi connectivity index (χ3v) is 0. The van der Waals surface area contributed by atoms with Crippen molar-refractivity contribution in [3.05, 3.63) is 0 Å². The van der Waals surface area contributed by atoms with Crippen molar-refractivity contribution >= 4 is 46.6 Å². The fraction of sp³-hybridized carbons (Fsp3) is 0. The summed E-state index contributed by atoms with van der Waals surface area (Å²) in [7, 11) is 0. The Morgan fingerprint density at radius 1 is 1.00 bits per heavy atom. The molecule has 56 valence electrons. The van der Waals surface area contributed by atoms with Crippen LogP contribution in [0.15, 0.2) is 0 Å². The van der Waals surface area contributed by atoms with Gasteiger partial charge in [0.15, 0.2) is 0 Å². The fourth-order valence-electron chi connectivity index (χ4n) is 0. The van der Waals surface area contributed by atoms with Gasteiger partial charge in [0.05, 0.1) is 0 Å². The third kappa shape index (κ3) is 426. The Hall–Kier alpha value is 1.02. The third-order valence-electron chi connectivity index (χ3n) is 0. The summed E-state index contributed by atoms with van der Waals surface area (Å²) < 4.78 is 48.8. The van der Waals surface area contributed by atoms with Gasteiger partial charge in [-0.15, -0.1) is 0 Å². The first-order valence-electron chi connectivity index (χ1n) is 1.03. The minimum atomic E-state index is -3.54. The molecule has 0 saturated heterocycles. The summed E-state index contributed by atoms with van der Waals surface area (Å²) >= 11 is -7.08. The first kappa shape index (κ1) is 16.5. The molecule has 0 saturated carbocycles. The van der Waals surface area contributed by atoms with Crippen LogP contribution in [0.3, 0.4) is 0 Å². The second kappa shape index (κ2) is 11.8. The van der Waals surface area contributed by atoms with E-state index in [-0.39, 0.29) is 17.6 Å². The van der Waals surface area contributed by atoms with E-state index in [2.05, 4.69) is 0 Å². The van der Waals surface area contributed by atoms with Crippen LogP contribution in [0.4, 0.5) is 0 Å². The van der Waals surface area contributed by atoms with E-state index in [4.69, 9.17) is 24.4 Å². The van der Waals surface area contributed by atoms with Crippen LogP contribution in [-0.4, -0.2) is 55.0 Å².